The zero-order valence-electron chi connectivity index (χ0n) is 7.45. The predicted molar refractivity (Wildman–Crippen MR) is 47.2 cm³/mol. The van der Waals surface area contributed by atoms with Crippen LogP contribution in [0.1, 0.15) is 23.8 Å². The number of amides is 1. The molecule has 1 aromatic heterocycles. The Morgan fingerprint density at radius 1 is 1.85 bits per heavy atom. The Morgan fingerprint density at radius 3 is 3.15 bits per heavy atom. The first kappa shape index (κ1) is 9.73. The van der Waals surface area contributed by atoms with E-state index in [2.05, 4.69) is 15.5 Å². The molecule has 3 N–H and O–H groups in total. The minimum Gasteiger partial charge on any atom is -0.391 e. The van der Waals surface area contributed by atoms with E-state index in [0.717, 1.165) is 0 Å². The number of aliphatic hydroxyl groups is 1. The maximum atomic E-state index is 11.2. The largest absolute Gasteiger partial charge is 0.391 e. The molecule has 1 unspecified atom stereocenters. The minimum atomic E-state index is -0.480. The lowest BCUT2D eigenvalue weighted by Gasteiger charge is -2.07. The summed E-state index contributed by atoms with van der Waals surface area (Å²) in [5, 5.41) is 17.9. The van der Waals surface area contributed by atoms with E-state index >= 15 is 0 Å². The zero-order chi connectivity index (χ0) is 9.68. The van der Waals surface area contributed by atoms with E-state index < -0.39 is 6.10 Å². The number of hydrogen-bond acceptors (Lipinski definition) is 3. The third-order valence-corrected chi connectivity index (χ3v) is 1.71. The van der Waals surface area contributed by atoms with E-state index in [1.54, 1.807) is 6.07 Å². The third-order valence-electron chi connectivity index (χ3n) is 1.71. The minimum absolute atomic E-state index is 0.245. The number of H-pyrrole nitrogens is 1. The molecule has 0 saturated heterocycles. The summed E-state index contributed by atoms with van der Waals surface area (Å²) in [6.45, 7) is 2.13. The Labute approximate surface area is 76.2 Å². The van der Waals surface area contributed by atoms with E-state index in [0.29, 0.717) is 12.1 Å². The molecule has 1 aromatic rings. The Hall–Kier alpha value is -1.36. The van der Waals surface area contributed by atoms with Gasteiger partial charge >= 0.3 is 0 Å². The van der Waals surface area contributed by atoms with E-state index in [9.17, 15) is 4.79 Å². The van der Waals surface area contributed by atoms with Crippen LogP contribution in [0, 0.1) is 0 Å². The van der Waals surface area contributed by atoms with Gasteiger partial charge in [-0.1, -0.05) is 6.92 Å². The monoisotopic (exact) mass is 183 g/mol. The fourth-order valence-electron chi connectivity index (χ4n) is 0.832. The summed E-state index contributed by atoms with van der Waals surface area (Å²) in [4.78, 5) is 11.2. The van der Waals surface area contributed by atoms with Crippen LogP contribution in [0.25, 0.3) is 0 Å². The molecule has 1 atom stereocenters. The van der Waals surface area contributed by atoms with Crippen LogP contribution < -0.4 is 5.32 Å². The molecule has 0 radical (unpaired) electrons. The number of carbonyl (C=O) groups is 1. The van der Waals surface area contributed by atoms with Crippen LogP contribution in [0.15, 0.2) is 12.3 Å². The van der Waals surface area contributed by atoms with Crippen LogP contribution in [0.4, 0.5) is 0 Å². The maximum absolute atomic E-state index is 11.2. The zero-order valence-corrected chi connectivity index (χ0v) is 7.45. The fraction of sp³-hybridized carbons (Fsp3) is 0.500. The highest BCUT2D eigenvalue weighted by atomic mass is 16.3. The van der Waals surface area contributed by atoms with Crippen LogP contribution in [0.2, 0.25) is 0 Å². The van der Waals surface area contributed by atoms with Crippen LogP contribution in [0.5, 0.6) is 0 Å². The summed E-state index contributed by atoms with van der Waals surface area (Å²) < 4.78 is 0. The third kappa shape index (κ3) is 2.87. The van der Waals surface area contributed by atoms with Crippen molar-refractivity contribution < 1.29 is 9.90 Å². The highest BCUT2D eigenvalue weighted by Crippen LogP contribution is 1.92. The van der Waals surface area contributed by atoms with Crippen LogP contribution in [-0.2, 0) is 0 Å². The quantitative estimate of drug-likeness (QED) is 0.610. The Morgan fingerprint density at radius 2 is 2.62 bits per heavy atom. The van der Waals surface area contributed by atoms with E-state index in [1.807, 2.05) is 6.92 Å². The van der Waals surface area contributed by atoms with Crippen molar-refractivity contribution in [2.45, 2.75) is 19.4 Å². The number of aliphatic hydroxyl groups excluding tert-OH is 1. The van der Waals surface area contributed by atoms with Gasteiger partial charge in [0.25, 0.3) is 5.91 Å². The molecule has 0 aliphatic heterocycles. The van der Waals surface area contributed by atoms with Crippen molar-refractivity contribution in [3.05, 3.63) is 18.0 Å². The average Bonchev–Trinajstić information content (AvgIpc) is 2.66. The molecule has 0 aromatic carbocycles. The molecule has 0 aliphatic carbocycles. The van der Waals surface area contributed by atoms with Crippen molar-refractivity contribution in [2.24, 2.45) is 0 Å². The number of aromatic nitrogens is 2. The first-order valence-electron chi connectivity index (χ1n) is 4.19. The van der Waals surface area contributed by atoms with Crippen molar-refractivity contribution in [2.75, 3.05) is 6.54 Å². The van der Waals surface area contributed by atoms with Gasteiger partial charge in [-0.25, -0.2) is 0 Å². The van der Waals surface area contributed by atoms with E-state index in [-0.39, 0.29) is 12.5 Å². The lowest BCUT2D eigenvalue weighted by Crippen LogP contribution is -2.31. The second-order valence-electron chi connectivity index (χ2n) is 2.74. The van der Waals surface area contributed by atoms with Gasteiger partial charge in [-0.15, -0.1) is 0 Å². The van der Waals surface area contributed by atoms with Crippen LogP contribution >= 0.6 is 0 Å². The average molecular weight is 183 g/mol. The van der Waals surface area contributed by atoms with Gasteiger partial charge in [0.2, 0.25) is 0 Å². The first-order valence-corrected chi connectivity index (χ1v) is 4.19. The second kappa shape index (κ2) is 4.61. The van der Waals surface area contributed by atoms with Gasteiger partial charge in [0.15, 0.2) is 0 Å². The summed E-state index contributed by atoms with van der Waals surface area (Å²) in [6, 6.07) is 1.58. The normalized spacial score (nSPS) is 12.5. The smallest absolute Gasteiger partial charge is 0.269 e. The lowest BCUT2D eigenvalue weighted by molar-refractivity contribution is 0.0909. The van der Waals surface area contributed by atoms with Crippen molar-refractivity contribution >= 4 is 5.91 Å². The Bertz CT molecular complexity index is 258. The molecular formula is C8H13N3O2. The predicted octanol–water partition coefficient (Wildman–Crippen LogP) is -0.0896. The van der Waals surface area contributed by atoms with Gasteiger partial charge in [0.1, 0.15) is 5.69 Å². The number of hydrogen-bond donors (Lipinski definition) is 3. The van der Waals surface area contributed by atoms with Gasteiger partial charge in [-0.2, -0.15) is 5.10 Å². The number of nitrogens with zero attached hydrogens (tertiary/aromatic N) is 1. The van der Waals surface area contributed by atoms with Crippen molar-refractivity contribution in [3.63, 3.8) is 0 Å². The molecule has 5 nitrogen and oxygen atoms in total. The van der Waals surface area contributed by atoms with Crippen molar-refractivity contribution in [1.82, 2.24) is 15.5 Å². The summed E-state index contributed by atoms with van der Waals surface area (Å²) >= 11 is 0. The molecule has 5 heteroatoms. The number of aromatic amines is 1. The highest BCUT2D eigenvalue weighted by molar-refractivity contribution is 5.92. The number of rotatable bonds is 4. The molecule has 1 rings (SSSR count). The molecule has 1 heterocycles. The Kier molecular flexibility index (Phi) is 3.45. The van der Waals surface area contributed by atoms with E-state index in [1.165, 1.54) is 6.20 Å². The van der Waals surface area contributed by atoms with Gasteiger partial charge < -0.3 is 10.4 Å². The molecule has 0 aliphatic rings. The molecule has 13 heavy (non-hydrogen) atoms. The van der Waals surface area contributed by atoms with Crippen molar-refractivity contribution in [1.29, 1.82) is 0 Å². The highest BCUT2D eigenvalue weighted by Gasteiger charge is 2.07. The molecule has 0 spiro atoms. The maximum Gasteiger partial charge on any atom is 0.269 e. The van der Waals surface area contributed by atoms with Gasteiger partial charge in [0.05, 0.1) is 6.10 Å². The van der Waals surface area contributed by atoms with Crippen molar-refractivity contribution in [3.8, 4) is 0 Å². The molecule has 0 fully saturated rings. The van der Waals surface area contributed by atoms with Crippen LogP contribution in [0.3, 0.4) is 0 Å². The lowest BCUT2D eigenvalue weighted by atomic mass is 10.3. The topological polar surface area (TPSA) is 78.0 Å². The van der Waals surface area contributed by atoms with Crippen LogP contribution in [-0.4, -0.2) is 33.9 Å². The van der Waals surface area contributed by atoms with Gasteiger partial charge in [-0.3, -0.25) is 9.89 Å². The second-order valence-corrected chi connectivity index (χ2v) is 2.74. The van der Waals surface area contributed by atoms with E-state index in [4.69, 9.17) is 5.11 Å². The van der Waals surface area contributed by atoms with Gasteiger partial charge in [0, 0.05) is 12.7 Å². The molecule has 0 bridgehead atoms. The molecule has 1 amide bonds. The summed E-state index contributed by atoms with van der Waals surface area (Å²) in [6.07, 6.45) is 1.65. The molecule has 72 valence electrons. The summed E-state index contributed by atoms with van der Waals surface area (Å²) in [7, 11) is 0. The Balaban J connectivity index is 2.35. The summed E-state index contributed by atoms with van der Waals surface area (Å²) in [5.74, 6) is -0.245. The first-order chi connectivity index (χ1) is 6.24. The number of carbonyl (C=O) groups excluding carboxylic acids is 1. The molecule has 0 saturated carbocycles. The van der Waals surface area contributed by atoms with Gasteiger partial charge in [-0.05, 0) is 12.5 Å². The molecular weight excluding hydrogens is 170 g/mol. The fourth-order valence-corrected chi connectivity index (χ4v) is 0.832. The standard InChI is InChI=1S/C8H13N3O2/c1-2-6(12)5-9-8(13)7-3-4-10-11-7/h3-4,6,12H,2,5H2,1H3,(H,9,13)(H,10,11). The SMILES string of the molecule is CCC(O)CNC(=O)c1ccn[nH]1. The summed E-state index contributed by atoms with van der Waals surface area (Å²) in [5.41, 5.74) is 0.406. The number of nitrogens with one attached hydrogen (secondary N) is 2.